The van der Waals surface area contributed by atoms with Gasteiger partial charge in [-0.25, -0.2) is 9.97 Å². The minimum Gasteiger partial charge on any atom is -0.381 e. The lowest BCUT2D eigenvalue weighted by atomic mass is 10.0. The molecule has 0 radical (unpaired) electrons. The third-order valence-corrected chi connectivity index (χ3v) is 3.75. The molecule has 0 bridgehead atoms. The predicted octanol–water partition coefficient (Wildman–Crippen LogP) is 1.24. The van der Waals surface area contributed by atoms with E-state index in [1.54, 1.807) is 11.8 Å². The Hall–Kier alpha value is -0.650. The average molecular weight is 239 g/mol. The largest absolute Gasteiger partial charge is 0.381 e. The number of thioether (sulfide) groups is 1. The third kappa shape index (κ3) is 3.17. The molecule has 5 heteroatoms. The van der Waals surface area contributed by atoms with Crippen LogP contribution < -0.4 is 5.73 Å². The average Bonchev–Trinajstić information content (AvgIpc) is 2.81. The number of nitrogens with zero attached hydrogens (tertiary/aromatic N) is 2. The number of nitrogens with two attached hydrogens (primary N) is 1. The highest BCUT2D eigenvalue weighted by Crippen LogP contribution is 2.20. The first-order valence-corrected chi connectivity index (χ1v) is 6.49. The maximum absolute atomic E-state index is 6.10. The zero-order valence-corrected chi connectivity index (χ0v) is 10.2. The van der Waals surface area contributed by atoms with Crippen molar-refractivity contribution in [2.45, 2.75) is 24.5 Å². The molecule has 1 saturated heterocycles. The van der Waals surface area contributed by atoms with Crippen LogP contribution in [0.4, 0.5) is 0 Å². The van der Waals surface area contributed by atoms with E-state index in [1.165, 1.54) is 0 Å². The van der Waals surface area contributed by atoms with Crippen LogP contribution in [0.5, 0.6) is 0 Å². The van der Waals surface area contributed by atoms with E-state index in [0.717, 1.165) is 36.1 Å². The summed E-state index contributed by atoms with van der Waals surface area (Å²) in [4.78, 5) is 8.48. The molecule has 1 aromatic heterocycles. The molecule has 2 rings (SSSR count). The van der Waals surface area contributed by atoms with Crippen LogP contribution in [0.1, 0.15) is 12.0 Å². The van der Waals surface area contributed by atoms with Crippen molar-refractivity contribution in [1.82, 2.24) is 9.97 Å². The molecule has 2 unspecified atom stereocenters. The minimum atomic E-state index is 0.178. The van der Waals surface area contributed by atoms with Crippen molar-refractivity contribution in [3.63, 3.8) is 0 Å². The van der Waals surface area contributed by atoms with Crippen LogP contribution in [0.25, 0.3) is 0 Å². The van der Waals surface area contributed by atoms with Crippen LogP contribution >= 0.6 is 11.8 Å². The molecule has 0 aromatic carbocycles. The van der Waals surface area contributed by atoms with E-state index in [4.69, 9.17) is 10.5 Å². The van der Waals surface area contributed by atoms with E-state index in [-0.39, 0.29) is 6.04 Å². The first-order chi connectivity index (χ1) is 7.75. The van der Waals surface area contributed by atoms with Gasteiger partial charge in [-0.1, -0.05) is 11.8 Å². The van der Waals surface area contributed by atoms with Crippen molar-refractivity contribution in [3.05, 3.63) is 18.0 Å². The molecular formula is C11H17N3OS. The monoisotopic (exact) mass is 239 g/mol. The second-order valence-corrected chi connectivity index (χ2v) is 5.13. The topological polar surface area (TPSA) is 61.0 Å². The summed E-state index contributed by atoms with van der Waals surface area (Å²) >= 11 is 1.62. The lowest BCUT2D eigenvalue weighted by molar-refractivity contribution is 0.182. The summed E-state index contributed by atoms with van der Waals surface area (Å²) in [6, 6.07) is 0.178. The number of aryl methyl sites for hydroxylation is 1. The van der Waals surface area contributed by atoms with E-state index < -0.39 is 0 Å². The van der Waals surface area contributed by atoms with Crippen LogP contribution in [0, 0.1) is 12.8 Å². The quantitative estimate of drug-likeness (QED) is 0.633. The van der Waals surface area contributed by atoms with Gasteiger partial charge in [0, 0.05) is 36.7 Å². The van der Waals surface area contributed by atoms with Crippen molar-refractivity contribution in [2.24, 2.45) is 11.7 Å². The number of hydrogen-bond donors (Lipinski definition) is 1. The molecule has 88 valence electrons. The fraction of sp³-hybridized carbons (Fsp3) is 0.636. The minimum absolute atomic E-state index is 0.178. The lowest BCUT2D eigenvalue weighted by Crippen LogP contribution is -2.32. The molecule has 0 saturated carbocycles. The summed E-state index contributed by atoms with van der Waals surface area (Å²) in [6.07, 6.45) is 4.75. The molecule has 1 fully saturated rings. The van der Waals surface area contributed by atoms with Gasteiger partial charge in [-0.2, -0.15) is 0 Å². The Labute approximate surface area is 100.0 Å². The summed E-state index contributed by atoms with van der Waals surface area (Å²) in [6.45, 7) is 3.64. The van der Waals surface area contributed by atoms with Crippen molar-refractivity contribution in [2.75, 3.05) is 19.0 Å². The van der Waals surface area contributed by atoms with Crippen LogP contribution in [-0.2, 0) is 4.74 Å². The maximum Gasteiger partial charge on any atom is 0.187 e. The first-order valence-electron chi connectivity index (χ1n) is 5.50. The normalized spacial score (nSPS) is 22.2. The van der Waals surface area contributed by atoms with Gasteiger partial charge in [-0.15, -0.1) is 0 Å². The summed E-state index contributed by atoms with van der Waals surface area (Å²) in [5.41, 5.74) is 7.18. The van der Waals surface area contributed by atoms with Crippen molar-refractivity contribution < 1.29 is 4.74 Å². The molecule has 16 heavy (non-hydrogen) atoms. The highest BCUT2D eigenvalue weighted by Gasteiger charge is 2.22. The van der Waals surface area contributed by atoms with E-state index in [2.05, 4.69) is 9.97 Å². The summed E-state index contributed by atoms with van der Waals surface area (Å²) in [5, 5.41) is 0.806. The molecule has 4 nitrogen and oxygen atoms in total. The molecule has 0 spiro atoms. The van der Waals surface area contributed by atoms with E-state index in [0.29, 0.717) is 5.92 Å². The number of hydrogen-bond acceptors (Lipinski definition) is 5. The second kappa shape index (κ2) is 5.61. The molecule has 1 aliphatic heterocycles. The molecule has 1 aliphatic rings. The van der Waals surface area contributed by atoms with Crippen molar-refractivity contribution in [3.8, 4) is 0 Å². The van der Waals surface area contributed by atoms with Gasteiger partial charge in [-0.3, -0.25) is 0 Å². The number of ether oxygens (including phenoxy) is 1. The van der Waals surface area contributed by atoms with Crippen LogP contribution in [-0.4, -0.2) is 35.0 Å². The van der Waals surface area contributed by atoms with E-state index in [1.807, 2.05) is 19.3 Å². The Kier molecular flexibility index (Phi) is 4.15. The maximum atomic E-state index is 6.10. The van der Waals surface area contributed by atoms with Gasteiger partial charge >= 0.3 is 0 Å². The summed E-state index contributed by atoms with van der Waals surface area (Å²) in [7, 11) is 0. The van der Waals surface area contributed by atoms with Crippen LogP contribution in [0.2, 0.25) is 0 Å². The number of rotatable bonds is 4. The zero-order valence-electron chi connectivity index (χ0n) is 9.43. The van der Waals surface area contributed by atoms with E-state index in [9.17, 15) is 0 Å². The fourth-order valence-electron chi connectivity index (χ4n) is 1.65. The van der Waals surface area contributed by atoms with Crippen LogP contribution in [0.3, 0.4) is 0 Å². The second-order valence-electron chi connectivity index (χ2n) is 4.14. The predicted molar refractivity (Wildman–Crippen MR) is 64.4 cm³/mol. The summed E-state index contributed by atoms with van der Waals surface area (Å²) in [5.74, 6) is 1.36. The van der Waals surface area contributed by atoms with Gasteiger partial charge in [0.05, 0.1) is 6.61 Å². The van der Waals surface area contributed by atoms with E-state index >= 15 is 0 Å². The van der Waals surface area contributed by atoms with Crippen molar-refractivity contribution >= 4 is 11.8 Å². The molecule has 2 heterocycles. The smallest absolute Gasteiger partial charge is 0.187 e. The Morgan fingerprint density at radius 3 is 2.94 bits per heavy atom. The SMILES string of the molecule is Cc1cnc(SCC(N)C2CCOC2)nc1. The Morgan fingerprint density at radius 1 is 1.56 bits per heavy atom. The first kappa shape index (κ1) is 11.8. The highest BCUT2D eigenvalue weighted by molar-refractivity contribution is 7.99. The molecule has 2 atom stereocenters. The molecule has 2 N–H and O–H groups in total. The standard InChI is InChI=1S/C11H17N3OS/c1-8-4-13-11(14-5-8)16-7-10(12)9-2-3-15-6-9/h4-5,9-10H,2-3,6-7,12H2,1H3. The lowest BCUT2D eigenvalue weighted by Gasteiger charge is -2.16. The van der Waals surface area contributed by atoms with Gasteiger partial charge < -0.3 is 10.5 Å². The van der Waals surface area contributed by atoms with Gasteiger partial charge in [0.1, 0.15) is 0 Å². The highest BCUT2D eigenvalue weighted by atomic mass is 32.2. The van der Waals surface area contributed by atoms with Gasteiger partial charge in [0.2, 0.25) is 0 Å². The molecule has 0 aliphatic carbocycles. The van der Waals surface area contributed by atoms with Crippen LogP contribution in [0.15, 0.2) is 17.6 Å². The van der Waals surface area contributed by atoms with Crippen molar-refractivity contribution in [1.29, 1.82) is 0 Å². The molecule has 1 aromatic rings. The molecular weight excluding hydrogens is 222 g/mol. The fourth-order valence-corrected chi connectivity index (χ4v) is 2.52. The Balaban J connectivity index is 1.80. The Bertz CT molecular complexity index is 325. The van der Waals surface area contributed by atoms with Gasteiger partial charge in [0.15, 0.2) is 5.16 Å². The van der Waals surface area contributed by atoms with Gasteiger partial charge in [-0.05, 0) is 18.9 Å². The van der Waals surface area contributed by atoms with Gasteiger partial charge in [0.25, 0.3) is 0 Å². The Morgan fingerprint density at radius 2 is 2.31 bits per heavy atom. The summed E-state index contributed by atoms with van der Waals surface area (Å²) < 4.78 is 5.33. The third-order valence-electron chi connectivity index (χ3n) is 2.73. The molecule has 0 amide bonds. The number of aromatic nitrogens is 2. The zero-order chi connectivity index (χ0) is 11.4.